The van der Waals surface area contributed by atoms with Gasteiger partial charge in [0.05, 0.1) is 33.8 Å². The molecule has 0 saturated heterocycles. The number of hydrogen-bond acceptors (Lipinski definition) is 5. The summed E-state index contributed by atoms with van der Waals surface area (Å²) >= 11 is 6.08. The van der Waals surface area contributed by atoms with Gasteiger partial charge in [-0.1, -0.05) is 25.4 Å². The van der Waals surface area contributed by atoms with Crippen molar-refractivity contribution in [2.45, 2.75) is 32.6 Å². The van der Waals surface area contributed by atoms with E-state index in [0.29, 0.717) is 29.4 Å². The molecule has 1 N–H and O–H groups in total. The van der Waals surface area contributed by atoms with E-state index in [1.165, 1.54) is 25.3 Å². The molecule has 1 heterocycles. The first-order valence-electron chi connectivity index (χ1n) is 9.90. The second-order valence-electron chi connectivity index (χ2n) is 8.57. The number of sulfonamides is 1. The molecule has 1 aliphatic rings. The molecule has 0 fully saturated rings. The molecule has 9 heteroatoms. The highest BCUT2D eigenvalue weighted by Crippen LogP contribution is 2.39. The maximum atomic E-state index is 13.2. The lowest BCUT2D eigenvalue weighted by atomic mass is 9.92. The topological polar surface area (TPSA) is 84.9 Å². The van der Waals surface area contributed by atoms with E-state index in [1.54, 1.807) is 23.1 Å². The second kappa shape index (κ2) is 8.59. The van der Waals surface area contributed by atoms with Crippen LogP contribution in [0.1, 0.15) is 27.7 Å². The Morgan fingerprint density at radius 2 is 1.94 bits per heavy atom. The average molecular weight is 467 g/mol. The van der Waals surface area contributed by atoms with Crippen molar-refractivity contribution in [3.05, 3.63) is 41.4 Å². The first-order valence-corrected chi connectivity index (χ1v) is 11.8. The van der Waals surface area contributed by atoms with Gasteiger partial charge in [0.1, 0.15) is 18.1 Å². The second-order valence-corrected chi connectivity index (χ2v) is 10.7. The highest BCUT2D eigenvalue weighted by atomic mass is 35.5. The van der Waals surface area contributed by atoms with Crippen molar-refractivity contribution in [1.29, 1.82) is 0 Å². The number of amides is 1. The van der Waals surface area contributed by atoms with Crippen molar-refractivity contribution in [3.63, 3.8) is 0 Å². The normalized spacial score (nSPS) is 15.8. The first kappa shape index (κ1) is 23.2. The van der Waals surface area contributed by atoms with Crippen LogP contribution in [0.3, 0.4) is 0 Å². The van der Waals surface area contributed by atoms with Gasteiger partial charge in [-0.15, -0.1) is 0 Å². The highest BCUT2D eigenvalue weighted by Gasteiger charge is 2.38. The fraction of sp³-hybridized carbons (Fsp3) is 0.409. The third kappa shape index (κ3) is 4.91. The zero-order valence-corrected chi connectivity index (χ0v) is 19.8. The third-order valence-corrected chi connectivity index (χ3v) is 6.57. The van der Waals surface area contributed by atoms with Crippen molar-refractivity contribution in [3.8, 4) is 11.5 Å². The lowest BCUT2D eigenvalue weighted by molar-refractivity contribution is -0.127. The summed E-state index contributed by atoms with van der Waals surface area (Å²) in [6, 6.07) is 9.14. The summed E-state index contributed by atoms with van der Waals surface area (Å²) in [6.07, 6.45) is 0. The van der Waals surface area contributed by atoms with Crippen molar-refractivity contribution in [2.24, 2.45) is 11.3 Å². The van der Waals surface area contributed by atoms with Gasteiger partial charge in [0, 0.05) is 6.54 Å². The molecular formula is C22H27ClN2O5S. The minimum absolute atomic E-state index is 0.000684. The SMILES string of the molecule is COc1ccc(S(=O)(=O)Nc2ccc3c(c2)N(CC(C)C)C(=O)C(C)(C)CO3)cc1Cl. The van der Waals surface area contributed by atoms with Gasteiger partial charge in [-0.2, -0.15) is 0 Å². The number of methoxy groups -OCH3 is 1. The van der Waals surface area contributed by atoms with E-state index < -0.39 is 15.4 Å². The van der Waals surface area contributed by atoms with Crippen LogP contribution < -0.4 is 19.1 Å². The van der Waals surface area contributed by atoms with E-state index in [2.05, 4.69) is 4.72 Å². The Morgan fingerprint density at radius 1 is 1.23 bits per heavy atom. The highest BCUT2D eigenvalue weighted by molar-refractivity contribution is 7.92. The minimum atomic E-state index is -3.91. The van der Waals surface area contributed by atoms with Crippen LogP contribution in [0.2, 0.25) is 5.02 Å². The molecule has 0 spiro atoms. The predicted octanol–water partition coefficient (Wildman–Crippen LogP) is 4.56. The summed E-state index contributed by atoms with van der Waals surface area (Å²) in [6.45, 7) is 8.44. The number of hydrogen-bond donors (Lipinski definition) is 1. The van der Waals surface area contributed by atoms with Crippen LogP contribution in [0.5, 0.6) is 11.5 Å². The number of anilines is 2. The molecule has 0 atom stereocenters. The summed E-state index contributed by atoms with van der Waals surface area (Å²) < 4.78 is 39.3. The first-order chi connectivity index (χ1) is 14.4. The number of halogens is 1. The van der Waals surface area contributed by atoms with E-state index in [1.807, 2.05) is 27.7 Å². The number of carbonyl (C=O) groups excluding carboxylic acids is 1. The van der Waals surface area contributed by atoms with E-state index in [-0.39, 0.29) is 28.4 Å². The van der Waals surface area contributed by atoms with Crippen molar-refractivity contribution >= 4 is 38.9 Å². The molecule has 0 unspecified atom stereocenters. The molecular weight excluding hydrogens is 440 g/mol. The molecule has 0 radical (unpaired) electrons. The molecule has 1 amide bonds. The molecule has 0 saturated carbocycles. The summed E-state index contributed by atoms with van der Waals surface area (Å²) in [5.74, 6) is 1.07. The van der Waals surface area contributed by atoms with Gasteiger partial charge in [-0.05, 0) is 56.2 Å². The Labute approximate surface area is 188 Å². The smallest absolute Gasteiger partial charge is 0.261 e. The van der Waals surface area contributed by atoms with Gasteiger partial charge in [-0.3, -0.25) is 9.52 Å². The van der Waals surface area contributed by atoms with E-state index in [9.17, 15) is 13.2 Å². The summed E-state index contributed by atoms with van der Waals surface area (Å²) in [7, 11) is -2.45. The summed E-state index contributed by atoms with van der Waals surface area (Å²) in [5, 5.41) is 0.191. The zero-order chi connectivity index (χ0) is 23.0. The van der Waals surface area contributed by atoms with Gasteiger partial charge < -0.3 is 14.4 Å². The molecule has 3 rings (SSSR count). The Kier molecular flexibility index (Phi) is 6.43. The lowest BCUT2D eigenvalue weighted by Gasteiger charge is -2.29. The molecule has 1 aliphatic heterocycles. The number of nitrogens with zero attached hydrogens (tertiary/aromatic N) is 1. The van der Waals surface area contributed by atoms with Crippen molar-refractivity contribution in [1.82, 2.24) is 0 Å². The molecule has 0 bridgehead atoms. The van der Waals surface area contributed by atoms with Gasteiger partial charge in [-0.25, -0.2) is 8.42 Å². The largest absolute Gasteiger partial charge is 0.495 e. The van der Waals surface area contributed by atoms with Crippen LogP contribution in [-0.4, -0.2) is 34.6 Å². The molecule has 2 aromatic carbocycles. The maximum absolute atomic E-state index is 13.2. The Bertz CT molecular complexity index is 1100. The Morgan fingerprint density at radius 3 is 2.55 bits per heavy atom. The van der Waals surface area contributed by atoms with E-state index >= 15 is 0 Å². The molecule has 168 valence electrons. The molecule has 0 aliphatic carbocycles. The number of rotatable bonds is 6. The average Bonchev–Trinajstić information content (AvgIpc) is 2.77. The Hall–Kier alpha value is -2.45. The molecule has 0 aromatic heterocycles. The Balaban J connectivity index is 1.98. The van der Waals surface area contributed by atoms with Crippen LogP contribution in [0.25, 0.3) is 0 Å². The zero-order valence-electron chi connectivity index (χ0n) is 18.2. The van der Waals surface area contributed by atoms with Crippen molar-refractivity contribution < 1.29 is 22.7 Å². The lowest BCUT2D eigenvalue weighted by Crippen LogP contribution is -2.43. The fourth-order valence-electron chi connectivity index (χ4n) is 3.28. The number of fused-ring (bicyclic) bond motifs is 1. The summed E-state index contributed by atoms with van der Waals surface area (Å²) in [4.78, 5) is 14.8. The number of carbonyl (C=O) groups is 1. The quantitative estimate of drug-likeness (QED) is 0.674. The summed E-state index contributed by atoms with van der Waals surface area (Å²) in [5.41, 5.74) is 0.153. The number of benzene rings is 2. The monoisotopic (exact) mass is 466 g/mol. The standard InChI is InChI=1S/C22H27ClN2O5S/c1-14(2)12-25-18-10-15(6-8-20(18)30-13-22(3,4)21(25)26)24-31(27,28)16-7-9-19(29-5)17(23)11-16/h6-11,14,24H,12-13H2,1-5H3. The van der Waals surface area contributed by atoms with Gasteiger partial charge in [0.25, 0.3) is 10.0 Å². The molecule has 31 heavy (non-hydrogen) atoms. The van der Waals surface area contributed by atoms with E-state index in [0.717, 1.165) is 0 Å². The van der Waals surface area contributed by atoms with Gasteiger partial charge in [0.15, 0.2) is 0 Å². The predicted molar refractivity (Wildman–Crippen MR) is 122 cm³/mol. The van der Waals surface area contributed by atoms with E-state index in [4.69, 9.17) is 21.1 Å². The van der Waals surface area contributed by atoms with Crippen LogP contribution in [0, 0.1) is 11.3 Å². The van der Waals surface area contributed by atoms with Crippen LogP contribution in [0.15, 0.2) is 41.3 Å². The molecule has 7 nitrogen and oxygen atoms in total. The minimum Gasteiger partial charge on any atom is -0.495 e. The third-order valence-electron chi connectivity index (χ3n) is 4.90. The number of ether oxygens (including phenoxy) is 2. The molecule has 2 aromatic rings. The van der Waals surface area contributed by atoms with Crippen LogP contribution in [-0.2, 0) is 14.8 Å². The fourth-order valence-corrected chi connectivity index (χ4v) is 4.68. The number of nitrogens with one attached hydrogen (secondary N) is 1. The van der Waals surface area contributed by atoms with Crippen LogP contribution >= 0.6 is 11.6 Å². The van der Waals surface area contributed by atoms with Crippen LogP contribution in [0.4, 0.5) is 11.4 Å². The van der Waals surface area contributed by atoms with Crippen molar-refractivity contribution in [2.75, 3.05) is 29.9 Å². The maximum Gasteiger partial charge on any atom is 0.261 e. The van der Waals surface area contributed by atoms with Gasteiger partial charge >= 0.3 is 0 Å². The van der Waals surface area contributed by atoms with Gasteiger partial charge in [0.2, 0.25) is 5.91 Å².